The lowest BCUT2D eigenvalue weighted by Crippen LogP contribution is -2.31. The first-order valence-electron chi connectivity index (χ1n) is 9.25. The van der Waals surface area contributed by atoms with E-state index >= 15 is 0 Å². The van der Waals surface area contributed by atoms with Gasteiger partial charge in [0, 0.05) is 5.56 Å². The Morgan fingerprint density at radius 3 is 2.74 bits per heavy atom. The largest absolute Gasteiger partial charge is 0.337 e. The van der Waals surface area contributed by atoms with Gasteiger partial charge in [0.1, 0.15) is 22.6 Å². The molecule has 5 rings (SSSR count). The Balaban J connectivity index is 1.55. The molecule has 1 fully saturated rings. The molecule has 1 aliphatic heterocycles. The van der Waals surface area contributed by atoms with Crippen molar-refractivity contribution in [3.05, 3.63) is 59.1 Å². The number of aromatic amines is 1. The molecule has 0 radical (unpaired) electrons. The van der Waals surface area contributed by atoms with E-state index in [9.17, 15) is 4.39 Å². The van der Waals surface area contributed by atoms with Gasteiger partial charge >= 0.3 is 0 Å². The van der Waals surface area contributed by atoms with Crippen LogP contribution in [-0.2, 0) is 4.84 Å². The number of rotatable bonds is 2. The molecule has 2 heterocycles. The summed E-state index contributed by atoms with van der Waals surface area (Å²) in [7, 11) is 0. The minimum atomic E-state index is -0.277. The fraction of sp³-hybridized carbons (Fsp3) is 0.286. The SMILES string of the molecule is Fc1ccccc1-c1cc(Cl)c2nc(C3=CC4(CCCCC4)ON3)[nH]c2c1. The molecule has 0 saturated heterocycles. The molecule has 138 valence electrons. The van der Waals surface area contributed by atoms with Crippen molar-refractivity contribution >= 4 is 28.3 Å². The van der Waals surface area contributed by atoms with Crippen molar-refractivity contribution in [2.45, 2.75) is 37.7 Å². The number of benzene rings is 2. The van der Waals surface area contributed by atoms with Crippen molar-refractivity contribution in [2.24, 2.45) is 0 Å². The third kappa shape index (κ3) is 2.91. The van der Waals surface area contributed by atoms with Gasteiger partial charge in [-0.25, -0.2) is 9.37 Å². The molecule has 0 unspecified atom stereocenters. The van der Waals surface area contributed by atoms with E-state index in [1.807, 2.05) is 12.1 Å². The summed E-state index contributed by atoms with van der Waals surface area (Å²) in [5.41, 5.74) is 6.30. The average molecular weight is 384 g/mol. The van der Waals surface area contributed by atoms with Gasteiger partial charge < -0.3 is 4.98 Å². The van der Waals surface area contributed by atoms with Crippen LogP contribution in [0.4, 0.5) is 4.39 Å². The Labute approximate surface area is 161 Å². The lowest BCUT2D eigenvalue weighted by atomic mass is 9.84. The predicted molar refractivity (Wildman–Crippen MR) is 105 cm³/mol. The van der Waals surface area contributed by atoms with E-state index in [4.69, 9.17) is 16.4 Å². The number of fused-ring (bicyclic) bond motifs is 1. The molecule has 0 amide bonds. The third-order valence-corrected chi connectivity index (χ3v) is 5.74. The van der Waals surface area contributed by atoms with Crippen LogP contribution in [0.2, 0.25) is 5.02 Å². The first-order valence-corrected chi connectivity index (χ1v) is 9.63. The molecule has 3 aromatic rings. The zero-order valence-electron chi connectivity index (χ0n) is 14.7. The number of aromatic nitrogens is 2. The van der Waals surface area contributed by atoms with Crippen LogP contribution >= 0.6 is 11.6 Å². The third-order valence-electron chi connectivity index (χ3n) is 5.45. The van der Waals surface area contributed by atoms with E-state index in [2.05, 4.69) is 21.5 Å². The first kappa shape index (κ1) is 16.8. The normalized spacial score (nSPS) is 18.7. The van der Waals surface area contributed by atoms with Gasteiger partial charge in [-0.15, -0.1) is 0 Å². The van der Waals surface area contributed by atoms with Crippen LogP contribution in [0, 0.1) is 5.82 Å². The molecular weight excluding hydrogens is 365 g/mol. The Morgan fingerprint density at radius 2 is 1.93 bits per heavy atom. The van der Waals surface area contributed by atoms with Crippen molar-refractivity contribution < 1.29 is 9.23 Å². The standard InChI is InChI=1S/C21H19ClFN3O/c22-15-10-13(14-6-2-3-7-16(14)23)11-17-19(15)25-20(24-17)18-12-21(27-26-18)8-4-1-5-9-21/h2-3,6-7,10-12,26H,1,4-5,8-9H2,(H,24,25). The second kappa shape index (κ2) is 6.36. The Bertz CT molecular complexity index is 1050. The van der Waals surface area contributed by atoms with E-state index in [0.29, 0.717) is 27.5 Å². The Hall–Kier alpha value is -2.37. The number of H-pyrrole nitrogens is 1. The predicted octanol–water partition coefficient (Wildman–Crippen LogP) is 5.60. The summed E-state index contributed by atoms with van der Waals surface area (Å²) < 4.78 is 14.2. The molecule has 0 bridgehead atoms. The molecule has 2 aromatic carbocycles. The van der Waals surface area contributed by atoms with Crippen LogP contribution in [0.15, 0.2) is 42.5 Å². The average Bonchev–Trinajstić information content (AvgIpc) is 3.28. The highest BCUT2D eigenvalue weighted by Gasteiger charge is 2.37. The Morgan fingerprint density at radius 1 is 1.11 bits per heavy atom. The highest BCUT2D eigenvalue weighted by atomic mass is 35.5. The minimum absolute atomic E-state index is 0.227. The minimum Gasteiger partial charge on any atom is -0.337 e. The van der Waals surface area contributed by atoms with Crippen molar-refractivity contribution in [1.82, 2.24) is 15.4 Å². The molecule has 2 N–H and O–H groups in total. The molecule has 27 heavy (non-hydrogen) atoms. The number of nitrogens with one attached hydrogen (secondary N) is 2. The number of hydrogen-bond donors (Lipinski definition) is 2. The lowest BCUT2D eigenvalue weighted by Gasteiger charge is -2.29. The second-order valence-corrected chi connectivity index (χ2v) is 7.71. The van der Waals surface area contributed by atoms with Gasteiger partial charge in [-0.3, -0.25) is 10.3 Å². The molecule has 2 aliphatic rings. The van der Waals surface area contributed by atoms with Gasteiger partial charge in [0.15, 0.2) is 5.82 Å². The fourth-order valence-corrected chi connectivity index (χ4v) is 4.31. The topological polar surface area (TPSA) is 49.9 Å². The summed E-state index contributed by atoms with van der Waals surface area (Å²) in [4.78, 5) is 13.8. The van der Waals surface area contributed by atoms with Gasteiger partial charge in [-0.1, -0.05) is 49.1 Å². The zero-order valence-corrected chi connectivity index (χ0v) is 15.4. The van der Waals surface area contributed by atoms with Crippen LogP contribution in [-0.4, -0.2) is 15.6 Å². The van der Waals surface area contributed by atoms with Crippen LogP contribution in [0.1, 0.15) is 37.9 Å². The van der Waals surface area contributed by atoms with Crippen LogP contribution in [0.25, 0.3) is 27.9 Å². The van der Waals surface area contributed by atoms with Gasteiger partial charge in [-0.2, -0.15) is 0 Å². The number of hydrogen-bond acceptors (Lipinski definition) is 3. The number of hydroxylamine groups is 1. The van der Waals surface area contributed by atoms with E-state index in [1.165, 1.54) is 25.3 Å². The highest BCUT2D eigenvalue weighted by Crippen LogP contribution is 2.38. The smallest absolute Gasteiger partial charge is 0.156 e. The molecule has 1 saturated carbocycles. The van der Waals surface area contributed by atoms with E-state index in [1.54, 1.807) is 18.2 Å². The summed E-state index contributed by atoms with van der Waals surface area (Å²) in [5.74, 6) is 0.403. The molecular formula is C21H19ClFN3O. The monoisotopic (exact) mass is 383 g/mol. The molecule has 1 spiro atoms. The van der Waals surface area contributed by atoms with Crippen molar-refractivity contribution in [3.8, 4) is 11.1 Å². The molecule has 1 aliphatic carbocycles. The van der Waals surface area contributed by atoms with Crippen molar-refractivity contribution in [2.75, 3.05) is 0 Å². The number of imidazole rings is 1. The van der Waals surface area contributed by atoms with E-state index in [0.717, 1.165) is 24.1 Å². The Kier molecular flexibility index (Phi) is 3.95. The summed E-state index contributed by atoms with van der Waals surface area (Å²) in [6, 6.07) is 10.3. The van der Waals surface area contributed by atoms with Crippen LogP contribution in [0.3, 0.4) is 0 Å². The van der Waals surface area contributed by atoms with Crippen LogP contribution < -0.4 is 5.48 Å². The van der Waals surface area contributed by atoms with Crippen molar-refractivity contribution in [1.29, 1.82) is 0 Å². The molecule has 4 nitrogen and oxygen atoms in total. The maximum atomic E-state index is 14.2. The quantitative estimate of drug-likeness (QED) is 0.605. The maximum absolute atomic E-state index is 14.2. The summed E-state index contributed by atoms with van der Waals surface area (Å²) in [6.45, 7) is 0. The van der Waals surface area contributed by atoms with E-state index < -0.39 is 0 Å². The summed E-state index contributed by atoms with van der Waals surface area (Å²) >= 11 is 6.45. The highest BCUT2D eigenvalue weighted by molar-refractivity contribution is 6.35. The van der Waals surface area contributed by atoms with Gasteiger partial charge in [0.05, 0.1) is 10.5 Å². The zero-order chi connectivity index (χ0) is 18.4. The lowest BCUT2D eigenvalue weighted by molar-refractivity contribution is -0.0558. The molecule has 1 aromatic heterocycles. The number of nitrogens with zero attached hydrogens (tertiary/aromatic N) is 1. The summed E-state index contributed by atoms with van der Waals surface area (Å²) in [5, 5.41) is 0.486. The summed E-state index contributed by atoms with van der Waals surface area (Å²) in [6.07, 6.45) is 7.76. The van der Waals surface area contributed by atoms with Gasteiger partial charge in [-0.05, 0) is 42.7 Å². The van der Waals surface area contributed by atoms with Gasteiger partial charge in [0.25, 0.3) is 0 Å². The fourth-order valence-electron chi connectivity index (χ4n) is 4.05. The van der Waals surface area contributed by atoms with Gasteiger partial charge in [0.2, 0.25) is 0 Å². The molecule has 6 heteroatoms. The maximum Gasteiger partial charge on any atom is 0.156 e. The van der Waals surface area contributed by atoms with E-state index in [-0.39, 0.29) is 11.4 Å². The first-order chi connectivity index (χ1) is 13.1. The number of halogens is 2. The van der Waals surface area contributed by atoms with Crippen LogP contribution in [0.5, 0.6) is 0 Å². The molecule has 0 atom stereocenters. The van der Waals surface area contributed by atoms with Crippen molar-refractivity contribution in [3.63, 3.8) is 0 Å². The second-order valence-electron chi connectivity index (χ2n) is 7.31.